The van der Waals surface area contributed by atoms with Crippen LogP contribution in [-0.4, -0.2) is 116 Å². The summed E-state index contributed by atoms with van der Waals surface area (Å²) in [4.78, 5) is 47.8. The topological polar surface area (TPSA) is 111 Å². The lowest BCUT2D eigenvalue weighted by Gasteiger charge is -2.29. The Bertz CT molecular complexity index is 1820. The van der Waals surface area contributed by atoms with E-state index in [0.29, 0.717) is 88.5 Å². The predicted octanol–water partition coefficient (Wildman–Crippen LogP) is 2.47. The van der Waals surface area contributed by atoms with E-state index in [9.17, 15) is 14.4 Å². The minimum atomic E-state index is -0.315. The van der Waals surface area contributed by atoms with Crippen LogP contribution in [0, 0.1) is 0 Å². The van der Waals surface area contributed by atoms with E-state index in [1.165, 1.54) is 0 Å². The second kappa shape index (κ2) is 15.1. The molecule has 4 heterocycles. The molecule has 0 radical (unpaired) electrons. The van der Waals surface area contributed by atoms with Crippen LogP contribution in [0.25, 0.3) is 16.9 Å². The van der Waals surface area contributed by atoms with Crippen LogP contribution >= 0.6 is 0 Å². The van der Waals surface area contributed by atoms with E-state index in [2.05, 4.69) is 10.2 Å². The van der Waals surface area contributed by atoms with Gasteiger partial charge in [0.1, 0.15) is 11.4 Å². The molecule has 1 aromatic heterocycles. The number of hydrogen-bond acceptors (Lipinski definition) is 8. The quantitative estimate of drug-likeness (QED) is 0.290. The summed E-state index contributed by atoms with van der Waals surface area (Å²) in [7, 11) is 0. The molecule has 0 aliphatic carbocycles. The maximum Gasteiger partial charge on any atom is 0.334 e. The number of aromatic nitrogens is 2. The monoisotopic (exact) mass is 666 g/mol. The maximum atomic E-state index is 14.8. The van der Waals surface area contributed by atoms with E-state index in [1.54, 1.807) is 20.1 Å². The van der Waals surface area contributed by atoms with Crippen LogP contribution < -0.4 is 20.6 Å². The van der Waals surface area contributed by atoms with Crippen molar-refractivity contribution in [3.05, 3.63) is 101 Å². The van der Waals surface area contributed by atoms with Gasteiger partial charge in [-0.3, -0.25) is 18.7 Å². The number of rotatable bonds is 9. The Labute approximate surface area is 285 Å². The van der Waals surface area contributed by atoms with Crippen molar-refractivity contribution in [1.82, 2.24) is 24.3 Å². The van der Waals surface area contributed by atoms with Crippen molar-refractivity contribution in [2.24, 2.45) is 0 Å². The number of ether oxygens (including phenoxy) is 3. The number of benzene rings is 3. The smallest absolute Gasteiger partial charge is 0.334 e. The van der Waals surface area contributed by atoms with E-state index >= 15 is 0 Å². The van der Waals surface area contributed by atoms with E-state index in [0.717, 1.165) is 29.9 Å². The van der Waals surface area contributed by atoms with Crippen LogP contribution in [0.5, 0.6) is 5.75 Å². The average molecular weight is 667 g/mol. The van der Waals surface area contributed by atoms with Gasteiger partial charge in [-0.2, -0.15) is 0 Å². The Kier molecular flexibility index (Phi) is 10.1. The Morgan fingerprint density at radius 1 is 0.735 bits per heavy atom. The maximum absolute atomic E-state index is 14.8. The molecule has 3 fully saturated rings. The van der Waals surface area contributed by atoms with Gasteiger partial charge in [-0.1, -0.05) is 48.5 Å². The third kappa shape index (κ3) is 7.26. The number of anilines is 1. The summed E-state index contributed by atoms with van der Waals surface area (Å²) in [6, 6.07) is 24.9. The highest BCUT2D eigenvalue weighted by Crippen LogP contribution is 2.30. The summed E-state index contributed by atoms with van der Waals surface area (Å²) in [5.74, 6) is 0.227. The average Bonchev–Trinajstić information content (AvgIpc) is 3.46. The first-order valence-corrected chi connectivity index (χ1v) is 17.0. The third-order valence-corrected chi connectivity index (χ3v) is 9.22. The molecule has 3 aliphatic heterocycles. The summed E-state index contributed by atoms with van der Waals surface area (Å²) in [5, 5.41) is 3.32. The SMILES string of the molecule is O=C(COc1cccc(Cn2c(C(=O)N3CCNCC3)c(-c3ccccc3)n(-c3cccc(N4CCOCC4)c3)c2=O)c1)N1CCOCC1. The molecule has 2 amide bonds. The normalized spacial score (nSPS) is 16.9. The second-order valence-electron chi connectivity index (χ2n) is 12.4. The van der Waals surface area contributed by atoms with E-state index < -0.39 is 0 Å². The highest BCUT2D eigenvalue weighted by Gasteiger charge is 2.31. The summed E-state index contributed by atoms with van der Waals surface area (Å²) >= 11 is 0. The Morgan fingerprint density at radius 3 is 2.18 bits per heavy atom. The van der Waals surface area contributed by atoms with Gasteiger partial charge in [0.25, 0.3) is 11.8 Å². The molecule has 12 heteroatoms. The van der Waals surface area contributed by atoms with Crippen LogP contribution in [0.3, 0.4) is 0 Å². The zero-order valence-corrected chi connectivity index (χ0v) is 27.6. The van der Waals surface area contributed by atoms with Crippen molar-refractivity contribution in [1.29, 1.82) is 0 Å². The highest BCUT2D eigenvalue weighted by molar-refractivity contribution is 5.99. The Hall–Kier alpha value is -4.91. The molecule has 0 spiro atoms. The second-order valence-corrected chi connectivity index (χ2v) is 12.4. The fraction of sp³-hybridized carbons (Fsp3) is 0.378. The predicted molar refractivity (Wildman–Crippen MR) is 186 cm³/mol. The molecule has 3 saturated heterocycles. The van der Waals surface area contributed by atoms with E-state index in [-0.39, 0.29) is 30.7 Å². The van der Waals surface area contributed by atoms with Gasteiger partial charge in [-0.05, 0) is 35.9 Å². The molecule has 0 bridgehead atoms. The first-order valence-electron chi connectivity index (χ1n) is 17.0. The minimum absolute atomic E-state index is 0.0931. The van der Waals surface area contributed by atoms with Gasteiger partial charge in [-0.25, -0.2) is 4.79 Å². The number of carbonyl (C=O) groups is 2. The molecule has 256 valence electrons. The van der Waals surface area contributed by atoms with Crippen molar-refractivity contribution >= 4 is 17.5 Å². The van der Waals surface area contributed by atoms with Crippen LogP contribution in [0.4, 0.5) is 5.69 Å². The standard InChI is InChI=1S/C37H42N6O6/c44-33(40-18-22-48-23-19-40)27-49-32-11-4-6-28(24-32)26-42-35(36(45)41-14-12-38-13-15-41)34(29-7-2-1-3-8-29)43(37(42)46)31-10-5-9-30(25-31)39-16-20-47-21-17-39/h1-11,24-25,38H,12-23,26-27H2. The molecular weight excluding hydrogens is 624 g/mol. The lowest BCUT2D eigenvalue weighted by molar-refractivity contribution is -0.137. The van der Waals surface area contributed by atoms with Gasteiger partial charge in [0, 0.05) is 63.6 Å². The first kappa shape index (κ1) is 32.6. The summed E-state index contributed by atoms with van der Waals surface area (Å²) in [6.07, 6.45) is 0. The Morgan fingerprint density at radius 2 is 1.43 bits per heavy atom. The molecule has 0 saturated carbocycles. The van der Waals surface area contributed by atoms with Crippen LogP contribution in [0.1, 0.15) is 16.1 Å². The van der Waals surface area contributed by atoms with Crippen molar-refractivity contribution in [3.8, 4) is 22.7 Å². The van der Waals surface area contributed by atoms with Crippen LogP contribution in [0.15, 0.2) is 83.7 Å². The zero-order chi connectivity index (χ0) is 33.6. The number of nitrogens with zero attached hydrogens (tertiary/aromatic N) is 5. The summed E-state index contributed by atoms with van der Waals surface area (Å²) in [6.45, 7) is 7.42. The zero-order valence-electron chi connectivity index (χ0n) is 27.6. The fourth-order valence-corrected chi connectivity index (χ4v) is 6.64. The number of piperazine rings is 1. The van der Waals surface area contributed by atoms with Gasteiger partial charge in [0.2, 0.25) is 0 Å². The highest BCUT2D eigenvalue weighted by atomic mass is 16.5. The molecular formula is C37H42N6O6. The van der Waals surface area contributed by atoms with E-state index in [4.69, 9.17) is 14.2 Å². The van der Waals surface area contributed by atoms with Gasteiger partial charge in [0.15, 0.2) is 6.61 Å². The van der Waals surface area contributed by atoms with Crippen LogP contribution in [-0.2, 0) is 20.8 Å². The molecule has 3 aliphatic rings. The van der Waals surface area contributed by atoms with Crippen LogP contribution in [0.2, 0.25) is 0 Å². The Balaban J connectivity index is 1.29. The molecule has 3 aromatic carbocycles. The van der Waals surface area contributed by atoms with Gasteiger partial charge in [-0.15, -0.1) is 0 Å². The minimum Gasteiger partial charge on any atom is -0.484 e. The number of imidazole rings is 1. The molecule has 49 heavy (non-hydrogen) atoms. The molecule has 12 nitrogen and oxygen atoms in total. The fourth-order valence-electron chi connectivity index (χ4n) is 6.64. The van der Waals surface area contributed by atoms with Crippen molar-refractivity contribution in [3.63, 3.8) is 0 Å². The number of carbonyl (C=O) groups excluding carboxylic acids is 2. The first-order chi connectivity index (χ1) is 24.1. The molecule has 0 atom stereocenters. The summed E-state index contributed by atoms with van der Waals surface area (Å²) in [5.41, 5.74) is 3.79. The van der Waals surface area contributed by atoms with E-state index in [1.807, 2.05) is 77.7 Å². The third-order valence-electron chi connectivity index (χ3n) is 9.22. The summed E-state index contributed by atoms with van der Waals surface area (Å²) < 4.78 is 20.1. The molecule has 1 N–H and O–H groups in total. The number of morpholine rings is 2. The van der Waals surface area contributed by atoms with Gasteiger partial charge in [0.05, 0.1) is 44.4 Å². The lowest BCUT2D eigenvalue weighted by Crippen LogP contribution is -2.47. The molecule has 0 unspecified atom stereocenters. The molecule has 4 aromatic rings. The van der Waals surface area contributed by atoms with Gasteiger partial charge < -0.3 is 34.2 Å². The molecule has 7 rings (SSSR count). The van der Waals surface area contributed by atoms with Crippen molar-refractivity contribution in [2.45, 2.75) is 6.54 Å². The van der Waals surface area contributed by atoms with Gasteiger partial charge >= 0.3 is 5.69 Å². The largest absolute Gasteiger partial charge is 0.484 e. The number of nitrogens with one attached hydrogen (secondary N) is 1. The van der Waals surface area contributed by atoms with Crippen molar-refractivity contribution < 1.29 is 23.8 Å². The van der Waals surface area contributed by atoms with Crippen molar-refractivity contribution in [2.75, 3.05) is 90.3 Å². The number of hydrogen-bond donors (Lipinski definition) is 1. The lowest BCUT2D eigenvalue weighted by atomic mass is 10.1. The number of amides is 2.